The second-order valence-electron chi connectivity index (χ2n) is 5.15. The Bertz CT molecular complexity index is 522. The predicted octanol–water partition coefficient (Wildman–Crippen LogP) is 3.18. The molecule has 0 aliphatic heterocycles. The largest absolute Gasteiger partial charge is 0.285 e. The maximum atomic E-state index is 13.3. The standard InChI is InChI=1S/C11H13F11O3S/c12-2(1-26(23,24)25)3(13)4(14)5(15)6(16)7(17)8(18)9(19)10(20)11(21)22/h2-11H,1H2,(H,23,24,25). The third kappa shape index (κ3) is 7.04. The van der Waals surface area contributed by atoms with Crippen molar-refractivity contribution in [3.63, 3.8) is 0 Å². The van der Waals surface area contributed by atoms with Gasteiger partial charge in [0.2, 0.25) is 0 Å². The number of hydrogen-bond acceptors (Lipinski definition) is 2. The fourth-order valence-corrected chi connectivity index (χ4v) is 2.27. The van der Waals surface area contributed by atoms with Crippen molar-refractivity contribution in [2.24, 2.45) is 0 Å². The van der Waals surface area contributed by atoms with Gasteiger partial charge in [-0.25, -0.2) is 48.3 Å². The van der Waals surface area contributed by atoms with E-state index in [0.717, 1.165) is 0 Å². The Morgan fingerprint density at radius 1 is 0.538 bits per heavy atom. The van der Waals surface area contributed by atoms with Gasteiger partial charge in [0.25, 0.3) is 16.5 Å². The molecule has 0 aromatic heterocycles. The summed E-state index contributed by atoms with van der Waals surface area (Å²) in [6.07, 6.45) is -39.4. The molecule has 0 aromatic rings. The van der Waals surface area contributed by atoms with E-state index >= 15 is 0 Å². The molecule has 26 heavy (non-hydrogen) atoms. The van der Waals surface area contributed by atoms with Crippen LogP contribution >= 0.6 is 0 Å². The van der Waals surface area contributed by atoms with Crippen LogP contribution in [0.15, 0.2) is 0 Å². The highest BCUT2D eigenvalue weighted by Gasteiger charge is 2.49. The topological polar surface area (TPSA) is 54.4 Å². The van der Waals surface area contributed by atoms with Gasteiger partial charge in [-0.2, -0.15) is 8.42 Å². The number of hydrogen-bond donors (Lipinski definition) is 1. The Morgan fingerprint density at radius 3 is 1.08 bits per heavy atom. The Morgan fingerprint density at radius 2 is 0.808 bits per heavy atom. The molecule has 0 radical (unpaired) electrons. The molecule has 0 spiro atoms. The van der Waals surface area contributed by atoms with Crippen molar-refractivity contribution in [1.29, 1.82) is 0 Å². The van der Waals surface area contributed by atoms with Crippen molar-refractivity contribution in [1.82, 2.24) is 0 Å². The minimum atomic E-state index is -5.20. The lowest BCUT2D eigenvalue weighted by Gasteiger charge is -2.26. The van der Waals surface area contributed by atoms with Gasteiger partial charge >= 0.3 is 0 Å². The zero-order valence-electron chi connectivity index (χ0n) is 12.3. The summed E-state index contributed by atoms with van der Waals surface area (Å²) in [6, 6.07) is 0. The zero-order valence-corrected chi connectivity index (χ0v) is 13.1. The van der Waals surface area contributed by atoms with Crippen LogP contribution in [0.2, 0.25) is 0 Å². The van der Waals surface area contributed by atoms with E-state index in [1.54, 1.807) is 0 Å². The van der Waals surface area contributed by atoms with Crippen LogP contribution < -0.4 is 0 Å². The molecule has 0 saturated heterocycles. The Hall–Kier alpha value is -0.860. The van der Waals surface area contributed by atoms with Gasteiger partial charge in [0.15, 0.2) is 55.5 Å². The quantitative estimate of drug-likeness (QED) is 0.402. The molecule has 0 saturated carbocycles. The lowest BCUT2D eigenvalue weighted by Crippen LogP contribution is -2.49. The molecule has 0 rings (SSSR count). The first-order chi connectivity index (χ1) is 11.6. The van der Waals surface area contributed by atoms with Crippen LogP contribution in [0.3, 0.4) is 0 Å². The summed E-state index contributed by atoms with van der Waals surface area (Å²) in [7, 11) is -5.20. The summed E-state index contributed by atoms with van der Waals surface area (Å²) in [6.45, 7) is 0. The molecule has 9 unspecified atom stereocenters. The molecule has 15 heteroatoms. The summed E-state index contributed by atoms with van der Waals surface area (Å²) in [4.78, 5) is 0. The van der Waals surface area contributed by atoms with Crippen molar-refractivity contribution in [2.45, 2.75) is 62.0 Å². The fraction of sp³-hybridized carbons (Fsp3) is 1.00. The first-order valence-electron chi connectivity index (χ1n) is 6.61. The van der Waals surface area contributed by atoms with Crippen molar-refractivity contribution in [3.8, 4) is 0 Å². The summed E-state index contributed by atoms with van der Waals surface area (Å²) in [5, 5.41) is 0. The van der Waals surface area contributed by atoms with Crippen molar-refractivity contribution in [2.75, 3.05) is 5.75 Å². The number of rotatable bonds is 11. The summed E-state index contributed by atoms with van der Waals surface area (Å²) < 4.78 is 170. The smallest absolute Gasteiger partial charge is 0.272 e. The number of halogens is 11. The Balaban J connectivity index is 5.03. The third-order valence-electron chi connectivity index (χ3n) is 3.09. The van der Waals surface area contributed by atoms with Crippen LogP contribution in [-0.4, -0.2) is 80.7 Å². The number of alkyl halides is 11. The van der Waals surface area contributed by atoms with Gasteiger partial charge in [-0.05, 0) is 0 Å². The zero-order chi connectivity index (χ0) is 21.0. The van der Waals surface area contributed by atoms with Gasteiger partial charge in [-0.15, -0.1) is 0 Å². The third-order valence-corrected chi connectivity index (χ3v) is 3.83. The average Bonchev–Trinajstić information content (AvgIpc) is 2.54. The Kier molecular flexibility index (Phi) is 9.57. The van der Waals surface area contributed by atoms with Crippen molar-refractivity contribution in [3.05, 3.63) is 0 Å². The molecular formula is C11H13F11O3S. The van der Waals surface area contributed by atoms with E-state index in [1.165, 1.54) is 0 Å². The molecule has 9 atom stereocenters. The summed E-state index contributed by atoms with van der Waals surface area (Å²) in [5.74, 6) is -2.08. The van der Waals surface area contributed by atoms with E-state index in [2.05, 4.69) is 0 Å². The molecule has 1 N–H and O–H groups in total. The van der Waals surface area contributed by atoms with Crippen LogP contribution in [0.5, 0.6) is 0 Å². The van der Waals surface area contributed by atoms with Crippen molar-refractivity contribution < 1.29 is 61.3 Å². The van der Waals surface area contributed by atoms with Gasteiger partial charge in [-0.1, -0.05) is 0 Å². The highest BCUT2D eigenvalue weighted by molar-refractivity contribution is 7.85. The van der Waals surface area contributed by atoms with E-state index in [1.807, 2.05) is 0 Å². The first kappa shape index (κ1) is 25.1. The van der Waals surface area contributed by atoms with Crippen LogP contribution in [-0.2, 0) is 10.1 Å². The lowest BCUT2D eigenvalue weighted by atomic mass is 9.97. The van der Waals surface area contributed by atoms with E-state index in [-0.39, 0.29) is 0 Å². The fourth-order valence-electron chi connectivity index (χ4n) is 1.69. The molecular weight excluding hydrogens is 421 g/mol. The molecule has 0 amide bonds. The molecule has 158 valence electrons. The second-order valence-corrected chi connectivity index (χ2v) is 6.65. The van der Waals surface area contributed by atoms with Gasteiger partial charge in [0, 0.05) is 0 Å². The van der Waals surface area contributed by atoms with Gasteiger partial charge in [0.05, 0.1) is 0 Å². The normalized spacial score (nSPS) is 23.6. The monoisotopic (exact) mass is 434 g/mol. The van der Waals surface area contributed by atoms with E-state index in [9.17, 15) is 56.7 Å². The SMILES string of the molecule is O=S(=O)(O)CC(F)C(F)C(F)C(F)C(F)C(F)C(F)C(F)C(F)C(F)F. The van der Waals surface area contributed by atoms with Crippen LogP contribution in [0.1, 0.15) is 0 Å². The molecule has 0 aliphatic rings. The minimum Gasteiger partial charge on any atom is -0.285 e. The summed E-state index contributed by atoms with van der Waals surface area (Å²) >= 11 is 0. The lowest BCUT2D eigenvalue weighted by molar-refractivity contribution is -0.0728. The molecule has 3 nitrogen and oxygen atoms in total. The van der Waals surface area contributed by atoms with E-state index < -0.39 is 77.8 Å². The Labute approximate surface area is 140 Å². The highest BCUT2D eigenvalue weighted by Crippen LogP contribution is 2.29. The van der Waals surface area contributed by atoms with Crippen LogP contribution in [0.25, 0.3) is 0 Å². The maximum Gasteiger partial charge on any atom is 0.272 e. The minimum absolute atomic E-state index is 2.08. The van der Waals surface area contributed by atoms with E-state index in [0.29, 0.717) is 0 Å². The van der Waals surface area contributed by atoms with Crippen LogP contribution in [0, 0.1) is 0 Å². The molecule has 0 bridgehead atoms. The summed E-state index contributed by atoms with van der Waals surface area (Å²) in [5.41, 5.74) is 0. The second kappa shape index (κ2) is 9.90. The van der Waals surface area contributed by atoms with Crippen molar-refractivity contribution >= 4 is 10.1 Å². The molecule has 0 fully saturated rings. The first-order valence-corrected chi connectivity index (χ1v) is 8.22. The maximum absolute atomic E-state index is 13.3. The highest BCUT2D eigenvalue weighted by atomic mass is 32.2. The molecule has 0 aliphatic carbocycles. The van der Waals surface area contributed by atoms with Gasteiger partial charge < -0.3 is 0 Å². The van der Waals surface area contributed by atoms with Gasteiger partial charge in [0.1, 0.15) is 5.75 Å². The average molecular weight is 434 g/mol. The van der Waals surface area contributed by atoms with E-state index in [4.69, 9.17) is 4.55 Å². The van der Waals surface area contributed by atoms with Crippen LogP contribution in [0.4, 0.5) is 48.3 Å². The van der Waals surface area contributed by atoms with Gasteiger partial charge in [-0.3, -0.25) is 4.55 Å². The predicted molar refractivity (Wildman–Crippen MR) is 66.5 cm³/mol. The molecule has 0 heterocycles. The molecule has 0 aromatic carbocycles.